The van der Waals surface area contributed by atoms with E-state index >= 15 is 0 Å². The van der Waals surface area contributed by atoms with Gasteiger partial charge in [-0.15, -0.1) is 0 Å². The van der Waals surface area contributed by atoms with Gasteiger partial charge >= 0.3 is 0 Å². The van der Waals surface area contributed by atoms with Crippen LogP contribution in [0.4, 0.5) is 0 Å². The number of benzene rings is 2. The number of nitriles is 1. The smallest absolute Gasteiger partial charge is 0.157 e. The molecule has 1 unspecified atom stereocenters. The Hall–Kier alpha value is -2.51. The second-order valence-corrected chi connectivity index (χ2v) is 7.34. The molecule has 0 radical (unpaired) electrons. The topological polar surface area (TPSA) is 67.5 Å². The van der Waals surface area contributed by atoms with Crippen molar-refractivity contribution < 1.29 is 10.2 Å². The molecule has 0 spiro atoms. The van der Waals surface area contributed by atoms with Crippen LogP contribution in [0.3, 0.4) is 0 Å². The largest absolute Gasteiger partial charge is 0.504 e. The summed E-state index contributed by atoms with van der Waals surface area (Å²) in [4.78, 5) is 2.34. The Morgan fingerprint density at radius 1 is 1.16 bits per heavy atom. The van der Waals surface area contributed by atoms with E-state index in [1.54, 1.807) is 12.1 Å². The van der Waals surface area contributed by atoms with Crippen LogP contribution in [-0.2, 0) is 11.8 Å². The molecule has 128 valence electrons. The van der Waals surface area contributed by atoms with Gasteiger partial charge in [-0.05, 0) is 61.2 Å². The Bertz CT molecular complexity index is 865. The molecule has 2 aromatic rings. The third kappa shape index (κ3) is 2.31. The number of phenols is 2. The average Bonchev–Trinajstić information content (AvgIpc) is 2.58. The molecule has 0 saturated heterocycles. The summed E-state index contributed by atoms with van der Waals surface area (Å²) >= 11 is 0. The first-order chi connectivity index (χ1) is 12.1. The molecular formula is C21H22N2O2. The van der Waals surface area contributed by atoms with Gasteiger partial charge in [0.15, 0.2) is 11.5 Å². The van der Waals surface area contributed by atoms with E-state index < -0.39 is 0 Å². The monoisotopic (exact) mass is 334 g/mol. The summed E-state index contributed by atoms with van der Waals surface area (Å²) in [7, 11) is 2.12. The van der Waals surface area contributed by atoms with Crippen molar-refractivity contribution >= 4 is 0 Å². The van der Waals surface area contributed by atoms with Crippen molar-refractivity contribution in [3.8, 4) is 17.6 Å². The van der Waals surface area contributed by atoms with Crippen LogP contribution in [0.5, 0.6) is 11.5 Å². The molecule has 1 aliphatic carbocycles. The predicted octanol–water partition coefficient (Wildman–Crippen LogP) is 3.62. The van der Waals surface area contributed by atoms with Crippen LogP contribution in [0.15, 0.2) is 36.4 Å². The lowest BCUT2D eigenvalue weighted by Gasteiger charge is -2.53. The number of aromatic hydroxyl groups is 2. The minimum Gasteiger partial charge on any atom is -0.504 e. The van der Waals surface area contributed by atoms with Crippen molar-refractivity contribution in [3.05, 3.63) is 58.7 Å². The molecule has 2 N–H and O–H groups in total. The molecular weight excluding hydrogens is 312 g/mol. The van der Waals surface area contributed by atoms with E-state index in [4.69, 9.17) is 0 Å². The van der Waals surface area contributed by atoms with Gasteiger partial charge in [-0.2, -0.15) is 5.26 Å². The summed E-state index contributed by atoms with van der Waals surface area (Å²) in [6.45, 7) is 0.901. The fourth-order valence-electron chi connectivity index (χ4n) is 4.75. The second-order valence-electron chi connectivity index (χ2n) is 7.34. The van der Waals surface area contributed by atoms with Crippen LogP contribution in [0, 0.1) is 11.3 Å². The van der Waals surface area contributed by atoms with Gasteiger partial charge in [0.05, 0.1) is 11.6 Å². The second kappa shape index (κ2) is 5.79. The number of likely N-dealkylation sites (N-methyl/N-ethyl adjacent to an activating group) is 1. The highest BCUT2D eigenvalue weighted by Gasteiger charge is 2.50. The van der Waals surface area contributed by atoms with Crippen LogP contribution in [0.2, 0.25) is 0 Å². The molecule has 1 atom stereocenters. The van der Waals surface area contributed by atoms with Gasteiger partial charge < -0.3 is 10.2 Å². The SMILES string of the molecule is CN1CCc2cc(O)c(O)cc2C1C1(c2ccccc2C#N)CCC1. The number of fused-ring (bicyclic) bond motifs is 1. The minimum atomic E-state index is -0.111. The third-order valence-electron chi connectivity index (χ3n) is 6.06. The number of hydrogen-bond donors (Lipinski definition) is 2. The van der Waals surface area contributed by atoms with Crippen molar-refractivity contribution in [1.29, 1.82) is 5.26 Å². The van der Waals surface area contributed by atoms with Gasteiger partial charge in [0.1, 0.15) is 0 Å². The maximum Gasteiger partial charge on any atom is 0.157 e. The maximum absolute atomic E-state index is 10.1. The number of rotatable bonds is 2. The quantitative estimate of drug-likeness (QED) is 0.823. The van der Waals surface area contributed by atoms with Gasteiger partial charge in [0.2, 0.25) is 0 Å². The molecule has 0 amide bonds. The highest BCUT2D eigenvalue weighted by molar-refractivity contribution is 5.52. The molecule has 0 aromatic heterocycles. The lowest BCUT2D eigenvalue weighted by Crippen LogP contribution is -2.50. The maximum atomic E-state index is 10.1. The van der Waals surface area contributed by atoms with Crippen molar-refractivity contribution in [2.24, 2.45) is 0 Å². The summed E-state index contributed by atoms with van der Waals surface area (Å²) in [6.07, 6.45) is 4.05. The molecule has 4 heteroatoms. The van der Waals surface area contributed by atoms with Gasteiger partial charge in [0, 0.05) is 18.0 Å². The van der Waals surface area contributed by atoms with Crippen LogP contribution in [0.1, 0.15) is 47.6 Å². The van der Waals surface area contributed by atoms with E-state index in [0.717, 1.165) is 54.5 Å². The Morgan fingerprint density at radius 3 is 2.56 bits per heavy atom. The summed E-state index contributed by atoms with van der Waals surface area (Å²) in [5.74, 6) is -0.121. The molecule has 2 aliphatic rings. The first-order valence-corrected chi connectivity index (χ1v) is 8.81. The fourth-order valence-corrected chi connectivity index (χ4v) is 4.75. The first-order valence-electron chi connectivity index (χ1n) is 8.81. The standard InChI is InChI=1S/C21H22N2O2/c1-23-10-7-14-11-18(24)19(25)12-16(14)20(23)21(8-4-9-21)17-6-3-2-5-15(17)13-22/h2-3,5-6,11-12,20,24-25H,4,7-10H2,1H3. The normalized spacial score (nSPS) is 21.8. The van der Waals surface area contributed by atoms with E-state index in [1.807, 2.05) is 18.2 Å². The zero-order valence-corrected chi connectivity index (χ0v) is 14.4. The zero-order chi connectivity index (χ0) is 17.6. The molecule has 25 heavy (non-hydrogen) atoms. The Kier molecular flexibility index (Phi) is 3.70. The van der Waals surface area contributed by atoms with Crippen LogP contribution in [0.25, 0.3) is 0 Å². The molecule has 1 aliphatic heterocycles. The van der Waals surface area contributed by atoms with E-state index in [-0.39, 0.29) is 23.0 Å². The third-order valence-corrected chi connectivity index (χ3v) is 6.06. The molecule has 0 bridgehead atoms. The molecule has 4 rings (SSSR count). The summed E-state index contributed by atoms with van der Waals surface area (Å²) < 4.78 is 0. The fraction of sp³-hybridized carbons (Fsp3) is 0.381. The molecule has 2 aromatic carbocycles. The lowest BCUT2D eigenvalue weighted by atomic mass is 9.56. The van der Waals surface area contributed by atoms with E-state index in [2.05, 4.69) is 24.1 Å². The molecule has 1 heterocycles. The summed E-state index contributed by atoms with van der Waals surface area (Å²) in [5, 5.41) is 29.6. The predicted molar refractivity (Wildman–Crippen MR) is 95.5 cm³/mol. The average molecular weight is 334 g/mol. The van der Waals surface area contributed by atoms with E-state index in [9.17, 15) is 15.5 Å². The highest BCUT2D eigenvalue weighted by atomic mass is 16.3. The van der Waals surface area contributed by atoms with Crippen LogP contribution < -0.4 is 0 Å². The number of nitrogens with zero attached hydrogens (tertiary/aromatic N) is 2. The van der Waals surface area contributed by atoms with Gasteiger partial charge in [-0.25, -0.2) is 0 Å². The van der Waals surface area contributed by atoms with Crippen molar-refractivity contribution in [2.45, 2.75) is 37.1 Å². The Balaban J connectivity index is 1.91. The zero-order valence-electron chi connectivity index (χ0n) is 14.4. The summed E-state index contributed by atoms with van der Waals surface area (Å²) in [6, 6.07) is 13.8. The van der Waals surface area contributed by atoms with Crippen LogP contribution >= 0.6 is 0 Å². The van der Waals surface area contributed by atoms with Gasteiger partial charge in [-0.3, -0.25) is 4.90 Å². The molecule has 1 saturated carbocycles. The number of hydrogen-bond acceptors (Lipinski definition) is 4. The first kappa shape index (κ1) is 16.0. The van der Waals surface area contributed by atoms with Gasteiger partial charge in [-0.1, -0.05) is 24.6 Å². The summed E-state index contributed by atoms with van der Waals surface area (Å²) in [5.41, 5.74) is 3.92. The highest BCUT2D eigenvalue weighted by Crippen LogP contribution is 2.57. The minimum absolute atomic E-state index is 0.0536. The molecule has 4 nitrogen and oxygen atoms in total. The van der Waals surface area contributed by atoms with Crippen LogP contribution in [-0.4, -0.2) is 28.7 Å². The number of phenolic OH excluding ortho intramolecular Hbond substituents is 2. The van der Waals surface area contributed by atoms with E-state index in [1.165, 1.54) is 0 Å². The Labute approximate surface area is 148 Å². The van der Waals surface area contributed by atoms with Crippen molar-refractivity contribution in [3.63, 3.8) is 0 Å². The van der Waals surface area contributed by atoms with Crippen molar-refractivity contribution in [1.82, 2.24) is 4.90 Å². The molecule has 1 fully saturated rings. The van der Waals surface area contributed by atoms with E-state index in [0.29, 0.717) is 0 Å². The van der Waals surface area contributed by atoms with Crippen molar-refractivity contribution in [2.75, 3.05) is 13.6 Å². The van der Waals surface area contributed by atoms with Gasteiger partial charge in [0.25, 0.3) is 0 Å². The Morgan fingerprint density at radius 2 is 1.88 bits per heavy atom. The lowest BCUT2D eigenvalue weighted by molar-refractivity contribution is 0.0713.